The fraction of sp³-hybridized carbons (Fsp3) is 0.310. The molecule has 4 aromatic rings. The van der Waals surface area contributed by atoms with E-state index >= 15 is 0 Å². The van der Waals surface area contributed by atoms with Crippen LogP contribution in [0.25, 0.3) is 22.0 Å². The standard InChI is InChI=1S/C29H30ClFN4O2.2ClH/c1-37-12-11-35-18-25(28-23(3-2-4-27(28)35)21-14-22(30)17-33-16-21)29(36)34-9-7-20(8-10-34)24-13-19(15-32)5-6-26(24)31;;/h2-6,13-14,16-18,20H,7-12,15,32H2,1H3;2*1H. The van der Waals surface area contributed by atoms with Crippen LogP contribution in [0, 0.1) is 5.82 Å². The van der Waals surface area contributed by atoms with Crippen molar-refractivity contribution in [3.63, 3.8) is 0 Å². The van der Waals surface area contributed by atoms with Gasteiger partial charge in [-0.15, -0.1) is 24.8 Å². The zero-order valence-electron chi connectivity index (χ0n) is 21.6. The van der Waals surface area contributed by atoms with Crippen LogP contribution in [0.3, 0.4) is 0 Å². The number of pyridine rings is 1. The Kier molecular flexibility index (Phi) is 10.8. The van der Waals surface area contributed by atoms with E-state index in [-0.39, 0.29) is 42.5 Å². The minimum absolute atomic E-state index is 0. The Morgan fingerprint density at radius 1 is 1.15 bits per heavy atom. The summed E-state index contributed by atoms with van der Waals surface area (Å²) in [6, 6.07) is 12.9. The van der Waals surface area contributed by atoms with Crippen molar-refractivity contribution >= 4 is 53.2 Å². The number of aromatic nitrogens is 2. The number of fused-ring (bicyclic) bond motifs is 1. The number of rotatable bonds is 7. The summed E-state index contributed by atoms with van der Waals surface area (Å²) in [5, 5.41) is 1.41. The number of hydrogen-bond donors (Lipinski definition) is 1. The number of piperidine rings is 1. The van der Waals surface area contributed by atoms with Gasteiger partial charge in [-0.3, -0.25) is 9.78 Å². The first-order chi connectivity index (χ1) is 18.0. The maximum atomic E-state index is 14.6. The van der Waals surface area contributed by atoms with E-state index in [1.54, 1.807) is 25.6 Å². The summed E-state index contributed by atoms with van der Waals surface area (Å²) in [5.74, 6) is -0.173. The van der Waals surface area contributed by atoms with Gasteiger partial charge in [0.15, 0.2) is 0 Å². The van der Waals surface area contributed by atoms with Crippen LogP contribution in [0.1, 0.15) is 40.2 Å². The van der Waals surface area contributed by atoms with Crippen LogP contribution in [-0.4, -0.2) is 47.2 Å². The predicted octanol–water partition coefficient (Wildman–Crippen LogP) is 6.46. The Balaban J connectivity index is 0.00000210. The highest BCUT2D eigenvalue weighted by atomic mass is 35.5. The molecule has 10 heteroatoms. The van der Waals surface area contributed by atoms with Gasteiger partial charge >= 0.3 is 0 Å². The van der Waals surface area contributed by atoms with Crippen molar-refractivity contribution in [3.05, 3.63) is 88.6 Å². The Bertz CT molecular complexity index is 1440. The number of methoxy groups -OCH3 is 1. The summed E-state index contributed by atoms with van der Waals surface area (Å²) in [6.07, 6.45) is 6.67. The average Bonchev–Trinajstić information content (AvgIpc) is 3.30. The molecule has 39 heavy (non-hydrogen) atoms. The molecule has 0 aliphatic carbocycles. The van der Waals surface area contributed by atoms with Crippen LogP contribution >= 0.6 is 36.4 Å². The smallest absolute Gasteiger partial charge is 0.256 e. The Hall–Kier alpha value is -2.68. The molecule has 0 atom stereocenters. The molecule has 0 spiro atoms. The number of halogens is 4. The summed E-state index contributed by atoms with van der Waals surface area (Å²) in [7, 11) is 1.66. The number of carbonyl (C=O) groups is 1. The zero-order chi connectivity index (χ0) is 25.9. The topological polar surface area (TPSA) is 73.4 Å². The van der Waals surface area contributed by atoms with Crippen LogP contribution < -0.4 is 5.73 Å². The van der Waals surface area contributed by atoms with E-state index in [1.165, 1.54) is 6.07 Å². The van der Waals surface area contributed by atoms with Gasteiger partial charge in [0, 0.05) is 68.3 Å². The van der Waals surface area contributed by atoms with Crippen LogP contribution in [-0.2, 0) is 17.8 Å². The maximum Gasteiger partial charge on any atom is 0.256 e. The van der Waals surface area contributed by atoms with Gasteiger partial charge in [-0.1, -0.05) is 35.9 Å². The van der Waals surface area contributed by atoms with E-state index < -0.39 is 0 Å². The molecule has 3 heterocycles. The van der Waals surface area contributed by atoms with Gasteiger partial charge < -0.3 is 19.9 Å². The fourth-order valence-corrected chi connectivity index (χ4v) is 5.46. The molecule has 5 rings (SSSR count). The van der Waals surface area contributed by atoms with E-state index in [2.05, 4.69) is 9.55 Å². The SMILES string of the molecule is COCCn1cc(C(=O)N2CCC(c3cc(CN)ccc3F)CC2)c2c(-c3cncc(Cl)c3)cccc21.Cl.Cl. The number of amides is 1. The summed E-state index contributed by atoms with van der Waals surface area (Å²) in [5.41, 5.74) is 10.7. The molecule has 1 aliphatic heterocycles. The van der Waals surface area contributed by atoms with E-state index in [0.29, 0.717) is 61.8 Å². The van der Waals surface area contributed by atoms with Crippen LogP contribution in [0.4, 0.5) is 4.39 Å². The number of ether oxygens (including phenoxy) is 1. The first kappa shape index (κ1) is 30.9. The summed E-state index contributed by atoms with van der Waals surface area (Å²) < 4.78 is 21.9. The van der Waals surface area contributed by atoms with Crippen molar-refractivity contribution in [2.75, 3.05) is 26.8 Å². The van der Waals surface area contributed by atoms with E-state index in [0.717, 1.165) is 27.6 Å². The number of nitrogens with two attached hydrogens (primary N) is 1. The normalized spacial score (nSPS) is 13.7. The number of likely N-dealkylation sites (tertiary alicyclic amines) is 1. The Morgan fingerprint density at radius 2 is 1.92 bits per heavy atom. The molecule has 2 aromatic heterocycles. The molecular weight excluding hydrogens is 562 g/mol. The van der Waals surface area contributed by atoms with Gasteiger partial charge in [0.1, 0.15) is 5.82 Å². The third kappa shape index (κ3) is 6.39. The number of carbonyl (C=O) groups excluding carboxylic acids is 1. The molecule has 2 N–H and O–H groups in total. The van der Waals surface area contributed by atoms with Gasteiger partial charge in [0.25, 0.3) is 5.91 Å². The lowest BCUT2D eigenvalue weighted by molar-refractivity contribution is 0.0714. The molecule has 208 valence electrons. The van der Waals surface area contributed by atoms with Crippen molar-refractivity contribution in [2.45, 2.75) is 31.8 Å². The van der Waals surface area contributed by atoms with Gasteiger partial charge in [-0.05, 0) is 53.6 Å². The third-order valence-corrected chi connectivity index (χ3v) is 7.41. The van der Waals surface area contributed by atoms with Crippen molar-refractivity contribution in [1.29, 1.82) is 0 Å². The first-order valence-electron chi connectivity index (χ1n) is 12.5. The monoisotopic (exact) mass is 592 g/mol. The first-order valence-corrected chi connectivity index (χ1v) is 12.9. The van der Waals surface area contributed by atoms with Gasteiger partial charge in [-0.25, -0.2) is 4.39 Å². The second kappa shape index (κ2) is 13.6. The van der Waals surface area contributed by atoms with E-state index in [4.69, 9.17) is 22.1 Å². The zero-order valence-corrected chi connectivity index (χ0v) is 24.0. The predicted molar refractivity (Wildman–Crippen MR) is 159 cm³/mol. The van der Waals surface area contributed by atoms with Gasteiger partial charge in [0.2, 0.25) is 0 Å². The second-order valence-corrected chi connectivity index (χ2v) is 9.88. The van der Waals surface area contributed by atoms with Crippen molar-refractivity contribution < 1.29 is 13.9 Å². The molecule has 1 amide bonds. The highest BCUT2D eigenvalue weighted by Gasteiger charge is 2.29. The molecule has 1 aliphatic rings. The molecule has 0 unspecified atom stereocenters. The van der Waals surface area contributed by atoms with Crippen molar-refractivity contribution in [1.82, 2.24) is 14.5 Å². The van der Waals surface area contributed by atoms with Crippen molar-refractivity contribution in [2.24, 2.45) is 5.73 Å². The summed E-state index contributed by atoms with van der Waals surface area (Å²) in [6.45, 7) is 2.64. The fourth-order valence-electron chi connectivity index (χ4n) is 5.29. The average molecular weight is 594 g/mol. The van der Waals surface area contributed by atoms with E-state index in [1.807, 2.05) is 41.4 Å². The Morgan fingerprint density at radius 3 is 2.62 bits per heavy atom. The molecule has 1 fully saturated rings. The van der Waals surface area contributed by atoms with Crippen molar-refractivity contribution in [3.8, 4) is 11.1 Å². The lowest BCUT2D eigenvalue weighted by Crippen LogP contribution is -2.38. The highest BCUT2D eigenvalue weighted by Crippen LogP contribution is 2.36. The molecular formula is C29H32Cl3FN4O2. The van der Waals surface area contributed by atoms with E-state index in [9.17, 15) is 9.18 Å². The quantitative estimate of drug-likeness (QED) is 0.267. The largest absolute Gasteiger partial charge is 0.383 e. The second-order valence-electron chi connectivity index (χ2n) is 9.45. The number of nitrogens with zero attached hydrogens (tertiary/aromatic N) is 3. The summed E-state index contributed by atoms with van der Waals surface area (Å²) in [4.78, 5) is 20.0. The number of benzene rings is 2. The summed E-state index contributed by atoms with van der Waals surface area (Å²) >= 11 is 6.24. The molecule has 0 saturated carbocycles. The Labute approximate surface area is 245 Å². The maximum absolute atomic E-state index is 14.6. The van der Waals surface area contributed by atoms with Gasteiger partial charge in [-0.2, -0.15) is 0 Å². The van der Waals surface area contributed by atoms with Crippen LogP contribution in [0.15, 0.2) is 61.1 Å². The molecule has 1 saturated heterocycles. The van der Waals surface area contributed by atoms with Crippen LogP contribution in [0.5, 0.6) is 0 Å². The minimum Gasteiger partial charge on any atom is -0.383 e. The lowest BCUT2D eigenvalue weighted by atomic mass is 9.88. The molecule has 0 bridgehead atoms. The van der Waals surface area contributed by atoms with Crippen LogP contribution in [0.2, 0.25) is 5.02 Å². The minimum atomic E-state index is -0.206. The number of hydrogen-bond acceptors (Lipinski definition) is 4. The third-order valence-electron chi connectivity index (χ3n) is 7.21. The highest BCUT2D eigenvalue weighted by molar-refractivity contribution is 6.30. The molecule has 2 aromatic carbocycles. The molecule has 6 nitrogen and oxygen atoms in total. The molecule has 0 radical (unpaired) electrons. The van der Waals surface area contributed by atoms with Gasteiger partial charge in [0.05, 0.1) is 17.2 Å². The lowest BCUT2D eigenvalue weighted by Gasteiger charge is -2.32.